The Balaban J connectivity index is 2.83. The molecule has 0 atom stereocenters. The Morgan fingerprint density at radius 3 is 2.36 bits per heavy atom. The zero-order chi connectivity index (χ0) is 10.9. The molecule has 0 amide bonds. The second-order valence-electron chi connectivity index (χ2n) is 3.45. The van der Waals surface area contributed by atoms with Crippen molar-refractivity contribution in [3.63, 3.8) is 0 Å². The predicted octanol–water partition coefficient (Wildman–Crippen LogP) is 1.48. The Labute approximate surface area is 83.8 Å². The third-order valence-electron chi connectivity index (χ3n) is 2.50. The molecule has 14 heavy (non-hydrogen) atoms. The van der Waals surface area contributed by atoms with E-state index in [0.717, 1.165) is 17.0 Å². The van der Waals surface area contributed by atoms with Crippen molar-refractivity contribution < 1.29 is 12.3 Å². The van der Waals surface area contributed by atoms with Crippen molar-refractivity contribution in [1.82, 2.24) is 4.57 Å². The minimum Gasteiger partial charge on any atom is -0.352 e. The van der Waals surface area contributed by atoms with E-state index < -0.39 is 16.0 Å². The average Bonchev–Trinajstić information content (AvgIpc) is 2.28. The standard InChI is InChI=1S/C9H14FNO2S/c1-7-6-9(8(2)11(7)3)4-5-14(10,12)13/h6H,4-5H2,1-3H3. The molecule has 0 saturated carbocycles. The van der Waals surface area contributed by atoms with Crippen molar-refractivity contribution >= 4 is 10.2 Å². The van der Waals surface area contributed by atoms with Crippen molar-refractivity contribution in [3.8, 4) is 0 Å². The maximum atomic E-state index is 12.3. The van der Waals surface area contributed by atoms with Crippen molar-refractivity contribution in [2.75, 3.05) is 5.75 Å². The molecule has 1 heterocycles. The average molecular weight is 219 g/mol. The van der Waals surface area contributed by atoms with E-state index in [2.05, 4.69) is 0 Å². The third kappa shape index (κ3) is 2.57. The Morgan fingerprint density at radius 2 is 2.00 bits per heavy atom. The fraction of sp³-hybridized carbons (Fsp3) is 0.556. The number of rotatable bonds is 3. The van der Waals surface area contributed by atoms with Crippen LogP contribution in [0.15, 0.2) is 6.07 Å². The van der Waals surface area contributed by atoms with E-state index in [9.17, 15) is 12.3 Å². The first-order chi connectivity index (χ1) is 6.31. The van der Waals surface area contributed by atoms with Crippen molar-refractivity contribution in [3.05, 3.63) is 23.0 Å². The number of hydrogen-bond donors (Lipinski definition) is 0. The molecule has 0 N–H and O–H groups in total. The summed E-state index contributed by atoms with van der Waals surface area (Å²) in [5.41, 5.74) is 2.94. The van der Waals surface area contributed by atoms with Crippen molar-refractivity contribution in [2.45, 2.75) is 20.3 Å². The molecule has 3 nitrogen and oxygen atoms in total. The Hall–Kier alpha value is -0.840. The largest absolute Gasteiger partial charge is 0.352 e. The lowest BCUT2D eigenvalue weighted by Crippen LogP contribution is -2.03. The highest BCUT2D eigenvalue weighted by molar-refractivity contribution is 7.86. The van der Waals surface area contributed by atoms with Gasteiger partial charge < -0.3 is 4.57 Å². The number of nitrogens with zero attached hydrogens (tertiary/aromatic N) is 1. The van der Waals surface area contributed by atoms with E-state index in [1.807, 2.05) is 31.5 Å². The summed E-state index contributed by atoms with van der Waals surface area (Å²) in [6.45, 7) is 3.83. The van der Waals surface area contributed by atoms with Crippen molar-refractivity contribution in [1.29, 1.82) is 0 Å². The summed E-state index contributed by atoms with van der Waals surface area (Å²) in [6, 6.07) is 1.89. The molecule has 0 spiro atoms. The van der Waals surface area contributed by atoms with Crippen LogP contribution in [0.4, 0.5) is 3.89 Å². The first-order valence-corrected chi connectivity index (χ1v) is 5.90. The summed E-state index contributed by atoms with van der Waals surface area (Å²) >= 11 is 0. The molecule has 0 unspecified atom stereocenters. The normalized spacial score (nSPS) is 12.0. The molecule has 0 bridgehead atoms. The van der Waals surface area contributed by atoms with Gasteiger partial charge in [-0.3, -0.25) is 0 Å². The minimum absolute atomic E-state index is 0.242. The summed E-state index contributed by atoms with van der Waals surface area (Å²) in [6.07, 6.45) is 0.242. The lowest BCUT2D eigenvalue weighted by atomic mass is 10.2. The van der Waals surface area contributed by atoms with Gasteiger partial charge >= 0.3 is 10.2 Å². The van der Waals surface area contributed by atoms with Crippen LogP contribution in [0.1, 0.15) is 17.0 Å². The smallest absolute Gasteiger partial charge is 0.302 e. The van der Waals surface area contributed by atoms with Gasteiger partial charge in [0, 0.05) is 18.4 Å². The molecule has 1 aromatic heterocycles. The molecule has 5 heteroatoms. The zero-order valence-corrected chi connectivity index (χ0v) is 9.36. The van der Waals surface area contributed by atoms with Crippen molar-refractivity contribution in [2.24, 2.45) is 7.05 Å². The maximum absolute atomic E-state index is 12.3. The van der Waals surface area contributed by atoms with Gasteiger partial charge in [-0.25, -0.2) is 0 Å². The number of hydrogen-bond acceptors (Lipinski definition) is 2. The third-order valence-corrected chi connectivity index (χ3v) is 3.19. The first kappa shape index (κ1) is 11.2. The first-order valence-electron chi connectivity index (χ1n) is 4.35. The van der Waals surface area contributed by atoms with Crippen LogP contribution < -0.4 is 0 Å². The number of aryl methyl sites for hydroxylation is 2. The van der Waals surface area contributed by atoms with Crippen LogP contribution in [-0.4, -0.2) is 18.7 Å². The molecule has 80 valence electrons. The summed E-state index contributed by atoms with van der Waals surface area (Å²) in [4.78, 5) is 0. The fourth-order valence-corrected chi connectivity index (χ4v) is 1.88. The molecule has 0 aliphatic rings. The molecule has 0 radical (unpaired) electrons. The van der Waals surface area contributed by atoms with Gasteiger partial charge in [0.05, 0.1) is 5.75 Å². The van der Waals surface area contributed by atoms with Crippen LogP contribution in [0.5, 0.6) is 0 Å². The second-order valence-corrected chi connectivity index (χ2v) is 4.93. The molecule has 0 saturated heterocycles. The van der Waals surface area contributed by atoms with E-state index in [1.54, 1.807) is 0 Å². The molecule has 1 aromatic rings. The monoisotopic (exact) mass is 219 g/mol. The van der Waals surface area contributed by atoms with Gasteiger partial charge in [0.2, 0.25) is 0 Å². The van der Waals surface area contributed by atoms with Crippen LogP contribution in [0, 0.1) is 13.8 Å². The SMILES string of the molecule is Cc1cc(CCS(=O)(=O)F)c(C)n1C. The summed E-state index contributed by atoms with van der Waals surface area (Å²) in [5.74, 6) is -0.433. The lowest BCUT2D eigenvalue weighted by Gasteiger charge is -2.00. The highest BCUT2D eigenvalue weighted by Crippen LogP contribution is 2.14. The molecule has 0 aliphatic heterocycles. The summed E-state index contributed by atoms with van der Waals surface area (Å²) in [5, 5.41) is 0. The topological polar surface area (TPSA) is 39.1 Å². The van der Waals surface area contributed by atoms with Crippen LogP contribution in [0.25, 0.3) is 0 Å². The van der Waals surface area contributed by atoms with Gasteiger partial charge in [0.15, 0.2) is 0 Å². The molecular weight excluding hydrogens is 205 g/mol. The van der Waals surface area contributed by atoms with Gasteiger partial charge in [0.1, 0.15) is 0 Å². The molecule has 1 rings (SSSR count). The number of aromatic nitrogens is 1. The highest BCUT2D eigenvalue weighted by Gasteiger charge is 2.11. The van der Waals surface area contributed by atoms with E-state index >= 15 is 0 Å². The van der Waals surface area contributed by atoms with Crippen LogP contribution in [0.2, 0.25) is 0 Å². The Morgan fingerprint density at radius 1 is 1.43 bits per heavy atom. The minimum atomic E-state index is -4.35. The van der Waals surface area contributed by atoms with Crippen LogP contribution in [0.3, 0.4) is 0 Å². The van der Waals surface area contributed by atoms with E-state index in [1.165, 1.54) is 0 Å². The molecule has 0 aliphatic carbocycles. The molecule has 0 fully saturated rings. The van der Waals surface area contributed by atoms with Gasteiger partial charge in [0.25, 0.3) is 0 Å². The quantitative estimate of drug-likeness (QED) is 0.722. The summed E-state index contributed by atoms with van der Waals surface area (Å²) in [7, 11) is -2.45. The van der Waals surface area contributed by atoms with Crippen LogP contribution in [-0.2, 0) is 23.7 Å². The van der Waals surface area contributed by atoms with Gasteiger partial charge in [-0.05, 0) is 31.9 Å². The van der Waals surface area contributed by atoms with Gasteiger partial charge in [-0.1, -0.05) is 0 Å². The molecule has 0 aromatic carbocycles. The fourth-order valence-electron chi connectivity index (χ4n) is 1.42. The Bertz CT molecular complexity index is 434. The van der Waals surface area contributed by atoms with E-state index in [-0.39, 0.29) is 6.42 Å². The zero-order valence-electron chi connectivity index (χ0n) is 8.54. The van der Waals surface area contributed by atoms with Gasteiger partial charge in [-0.2, -0.15) is 8.42 Å². The molecular formula is C9H14FNO2S. The van der Waals surface area contributed by atoms with Gasteiger partial charge in [-0.15, -0.1) is 3.89 Å². The number of halogens is 1. The van der Waals surface area contributed by atoms with E-state index in [0.29, 0.717) is 0 Å². The second kappa shape index (κ2) is 3.73. The van der Waals surface area contributed by atoms with Crippen LogP contribution >= 0.6 is 0 Å². The van der Waals surface area contributed by atoms with E-state index in [4.69, 9.17) is 0 Å². The summed E-state index contributed by atoms with van der Waals surface area (Å²) < 4.78 is 34.9. The highest BCUT2D eigenvalue weighted by atomic mass is 32.3. The Kier molecular flexibility index (Phi) is 2.99. The lowest BCUT2D eigenvalue weighted by molar-refractivity contribution is 0.551. The maximum Gasteiger partial charge on any atom is 0.302 e. The predicted molar refractivity (Wildman–Crippen MR) is 53.5 cm³/mol.